The molecule has 0 aromatic rings. The van der Waals surface area contributed by atoms with E-state index in [0.717, 1.165) is 51.4 Å². The average molecular weight is 924 g/mol. The van der Waals surface area contributed by atoms with Gasteiger partial charge in [-0.1, -0.05) is 293 Å². The molecule has 1 unspecified atom stereocenters. The summed E-state index contributed by atoms with van der Waals surface area (Å²) in [5.74, 6) is -0.956. The minimum atomic E-state index is -0.799. The van der Waals surface area contributed by atoms with Crippen molar-refractivity contribution in [2.75, 3.05) is 13.2 Å². The Morgan fingerprint density at radius 2 is 0.591 bits per heavy atom. The van der Waals surface area contributed by atoms with Crippen LogP contribution in [0.15, 0.2) is 60.8 Å². The van der Waals surface area contributed by atoms with E-state index in [9.17, 15) is 14.4 Å². The third-order valence-electron chi connectivity index (χ3n) is 12.4. The molecule has 0 aromatic heterocycles. The number of hydrogen-bond acceptors (Lipinski definition) is 6. The van der Waals surface area contributed by atoms with Crippen molar-refractivity contribution in [3.63, 3.8) is 0 Å². The number of carbonyl (C=O) groups excluding carboxylic acids is 3. The number of ether oxygens (including phenoxy) is 3. The molecule has 6 nitrogen and oxygen atoms in total. The van der Waals surface area contributed by atoms with E-state index in [2.05, 4.69) is 26.8 Å². The molecule has 0 rings (SSSR count). The van der Waals surface area contributed by atoms with Crippen LogP contribution in [0.1, 0.15) is 284 Å². The van der Waals surface area contributed by atoms with Crippen molar-refractivity contribution in [3.05, 3.63) is 60.8 Å². The van der Waals surface area contributed by atoms with E-state index in [1.54, 1.807) is 0 Å². The second kappa shape index (κ2) is 54.7. The molecule has 6 heteroatoms. The normalized spacial score (nSPS) is 12.5. The minimum absolute atomic E-state index is 0.0926. The van der Waals surface area contributed by atoms with Crippen LogP contribution < -0.4 is 0 Å². The molecular weight excluding hydrogens is 817 g/mol. The minimum Gasteiger partial charge on any atom is -0.462 e. The summed E-state index contributed by atoms with van der Waals surface area (Å²) in [7, 11) is 0. The van der Waals surface area contributed by atoms with Crippen LogP contribution in [0.3, 0.4) is 0 Å². The largest absolute Gasteiger partial charge is 0.462 e. The Balaban J connectivity index is 4.38. The van der Waals surface area contributed by atoms with Crippen molar-refractivity contribution >= 4 is 17.9 Å². The van der Waals surface area contributed by atoms with E-state index >= 15 is 0 Å². The monoisotopic (exact) mass is 923 g/mol. The molecule has 0 radical (unpaired) electrons. The first-order valence-corrected chi connectivity index (χ1v) is 28.4. The summed E-state index contributed by atoms with van der Waals surface area (Å²) < 4.78 is 16.8. The Labute approximate surface area is 409 Å². The van der Waals surface area contributed by atoms with Crippen LogP contribution >= 0.6 is 0 Å². The zero-order valence-electron chi connectivity index (χ0n) is 43.7. The lowest BCUT2D eigenvalue weighted by atomic mass is 10.0. The van der Waals surface area contributed by atoms with Crippen LogP contribution in [0.25, 0.3) is 0 Å². The van der Waals surface area contributed by atoms with Crippen molar-refractivity contribution in [3.8, 4) is 0 Å². The highest BCUT2D eigenvalue weighted by Crippen LogP contribution is 2.17. The van der Waals surface area contributed by atoms with Gasteiger partial charge in [-0.3, -0.25) is 14.4 Å². The quantitative estimate of drug-likeness (QED) is 0.0262. The summed E-state index contributed by atoms with van der Waals surface area (Å²) in [6, 6.07) is 0. The van der Waals surface area contributed by atoms with E-state index in [0.29, 0.717) is 19.3 Å². The SMILES string of the molecule is CC/C=C/C=C/C=C/C=C/C=C/CCCC(=O)OCC(COC(=O)CCCCCCCCCCCCCCCCCCCCC)OC(=O)CCCCCCCCCCCCCCCCCC. The Morgan fingerprint density at radius 3 is 0.924 bits per heavy atom. The molecule has 0 aliphatic rings. The highest BCUT2D eigenvalue weighted by atomic mass is 16.6. The number of allylic oxidation sites excluding steroid dienone is 10. The van der Waals surface area contributed by atoms with Crippen molar-refractivity contribution in [2.45, 2.75) is 290 Å². The molecule has 0 amide bonds. The molecule has 382 valence electrons. The summed E-state index contributed by atoms with van der Waals surface area (Å²) in [6.45, 7) is 6.47. The maximum absolute atomic E-state index is 12.8. The van der Waals surface area contributed by atoms with Gasteiger partial charge < -0.3 is 14.2 Å². The van der Waals surface area contributed by atoms with Gasteiger partial charge in [-0.05, 0) is 32.1 Å². The second-order valence-corrected chi connectivity index (χ2v) is 19.0. The predicted molar refractivity (Wildman–Crippen MR) is 284 cm³/mol. The van der Waals surface area contributed by atoms with E-state index in [1.165, 1.54) is 186 Å². The molecule has 0 aliphatic carbocycles. The number of rotatable bonds is 51. The molecule has 0 spiro atoms. The number of esters is 3. The first kappa shape index (κ1) is 63.1. The molecule has 0 saturated carbocycles. The third-order valence-corrected chi connectivity index (χ3v) is 12.4. The van der Waals surface area contributed by atoms with Crippen LogP contribution in [0.2, 0.25) is 0 Å². The molecule has 0 N–H and O–H groups in total. The predicted octanol–water partition coefficient (Wildman–Crippen LogP) is 18.8. The summed E-state index contributed by atoms with van der Waals surface area (Å²) >= 11 is 0. The molecular formula is C60H106O6. The van der Waals surface area contributed by atoms with Crippen molar-refractivity contribution in [1.82, 2.24) is 0 Å². The van der Waals surface area contributed by atoms with E-state index in [1.807, 2.05) is 54.7 Å². The van der Waals surface area contributed by atoms with E-state index in [-0.39, 0.29) is 37.5 Å². The molecule has 0 fully saturated rings. The first-order chi connectivity index (χ1) is 32.5. The summed E-state index contributed by atoms with van der Waals surface area (Å²) in [5.41, 5.74) is 0. The van der Waals surface area contributed by atoms with Gasteiger partial charge >= 0.3 is 17.9 Å². The second-order valence-electron chi connectivity index (χ2n) is 19.0. The fourth-order valence-corrected chi connectivity index (χ4v) is 8.18. The van der Waals surface area contributed by atoms with Crippen LogP contribution in [0.5, 0.6) is 0 Å². The average Bonchev–Trinajstić information content (AvgIpc) is 3.31. The van der Waals surface area contributed by atoms with E-state index in [4.69, 9.17) is 14.2 Å². The topological polar surface area (TPSA) is 78.9 Å². The Kier molecular flexibility index (Phi) is 52.3. The van der Waals surface area contributed by atoms with Gasteiger partial charge in [0.15, 0.2) is 6.10 Å². The summed E-state index contributed by atoms with van der Waals surface area (Å²) in [5, 5.41) is 0. The molecule has 0 aromatic carbocycles. The standard InChI is InChI=1S/C60H106O6/c1-4-7-10-13-16-19-22-25-27-29-30-31-33-35-38-41-44-47-50-53-59(62)65-56-57(55-64-58(61)52-49-46-43-40-37-34-24-21-18-15-12-9-6-3)66-60(63)54-51-48-45-42-39-36-32-28-26-23-20-17-14-11-8-5-2/h9,12,15,18,21,24,34,37,40,43,57H,4-8,10-11,13-14,16-17,19-20,22-23,25-33,35-36,38-39,41-42,44-56H2,1-3H3/b12-9+,18-15+,24-21+,37-34+,43-40+. The zero-order valence-corrected chi connectivity index (χ0v) is 43.7. The molecule has 0 heterocycles. The van der Waals surface area contributed by atoms with Gasteiger partial charge in [-0.15, -0.1) is 0 Å². The van der Waals surface area contributed by atoms with E-state index < -0.39 is 6.10 Å². The number of carbonyl (C=O) groups is 3. The molecule has 0 saturated heterocycles. The van der Waals surface area contributed by atoms with Crippen LogP contribution in [0, 0.1) is 0 Å². The van der Waals surface area contributed by atoms with Crippen LogP contribution in [-0.4, -0.2) is 37.2 Å². The van der Waals surface area contributed by atoms with Gasteiger partial charge in [0.1, 0.15) is 13.2 Å². The Hall–Kier alpha value is -2.89. The van der Waals surface area contributed by atoms with Gasteiger partial charge in [-0.25, -0.2) is 0 Å². The van der Waals surface area contributed by atoms with Gasteiger partial charge in [0.2, 0.25) is 0 Å². The Bertz CT molecular complexity index is 1200. The van der Waals surface area contributed by atoms with Crippen molar-refractivity contribution < 1.29 is 28.6 Å². The lowest BCUT2D eigenvalue weighted by molar-refractivity contribution is -0.167. The first-order valence-electron chi connectivity index (χ1n) is 28.4. The molecule has 0 aliphatic heterocycles. The fraction of sp³-hybridized carbons (Fsp3) is 0.783. The Morgan fingerprint density at radius 1 is 0.318 bits per heavy atom. The smallest absolute Gasteiger partial charge is 0.306 e. The summed E-state index contributed by atoms with van der Waals surface area (Å²) in [6.07, 6.45) is 68.0. The molecule has 1 atom stereocenters. The van der Waals surface area contributed by atoms with Gasteiger partial charge in [-0.2, -0.15) is 0 Å². The highest BCUT2D eigenvalue weighted by molar-refractivity contribution is 5.71. The van der Waals surface area contributed by atoms with Crippen molar-refractivity contribution in [1.29, 1.82) is 0 Å². The van der Waals surface area contributed by atoms with Crippen LogP contribution in [-0.2, 0) is 28.6 Å². The van der Waals surface area contributed by atoms with Crippen LogP contribution in [0.4, 0.5) is 0 Å². The fourth-order valence-electron chi connectivity index (χ4n) is 8.18. The maximum atomic E-state index is 12.8. The third kappa shape index (κ3) is 52.1. The van der Waals surface area contributed by atoms with Gasteiger partial charge in [0.05, 0.1) is 0 Å². The van der Waals surface area contributed by atoms with Crippen molar-refractivity contribution in [2.24, 2.45) is 0 Å². The highest BCUT2D eigenvalue weighted by Gasteiger charge is 2.19. The molecule has 0 bridgehead atoms. The lowest BCUT2D eigenvalue weighted by Gasteiger charge is -2.18. The lowest BCUT2D eigenvalue weighted by Crippen LogP contribution is -2.30. The van der Waals surface area contributed by atoms with Gasteiger partial charge in [0.25, 0.3) is 0 Å². The van der Waals surface area contributed by atoms with Gasteiger partial charge in [0, 0.05) is 19.3 Å². The molecule has 66 heavy (non-hydrogen) atoms. The number of hydrogen-bond donors (Lipinski definition) is 0. The zero-order chi connectivity index (χ0) is 47.9. The summed E-state index contributed by atoms with van der Waals surface area (Å²) in [4.78, 5) is 38.1. The number of unbranched alkanes of at least 4 members (excludes halogenated alkanes) is 34. The maximum Gasteiger partial charge on any atom is 0.306 e.